The van der Waals surface area contributed by atoms with E-state index in [4.69, 9.17) is 0 Å². The van der Waals surface area contributed by atoms with Crippen LogP contribution in [-0.2, 0) is 13.1 Å². The average molecular weight is 486 g/mol. The summed E-state index contributed by atoms with van der Waals surface area (Å²) in [6.45, 7) is 0.790. The highest BCUT2D eigenvalue weighted by Crippen LogP contribution is 2.33. The fourth-order valence-corrected chi connectivity index (χ4v) is 4.87. The Balaban J connectivity index is 1.17. The van der Waals surface area contributed by atoms with E-state index in [-0.39, 0.29) is 11.6 Å². The first-order valence-corrected chi connectivity index (χ1v) is 12.1. The summed E-state index contributed by atoms with van der Waals surface area (Å²) in [6.07, 6.45) is 9.65. The number of nitrogens with one attached hydrogen (secondary N) is 2. The van der Waals surface area contributed by atoms with Crippen LogP contribution in [-0.4, -0.2) is 29.7 Å². The summed E-state index contributed by atoms with van der Waals surface area (Å²) in [5.74, 6) is 0.830. The number of nitrogens with zero attached hydrogens (tertiary/aromatic N) is 5. The fourth-order valence-electron chi connectivity index (χ4n) is 4.87. The van der Waals surface area contributed by atoms with Crippen LogP contribution in [0, 0.1) is 11.6 Å². The molecular formula is C27H25F2N7. The minimum absolute atomic E-state index is 0.304. The Labute approximate surface area is 206 Å². The summed E-state index contributed by atoms with van der Waals surface area (Å²) in [7, 11) is 0. The van der Waals surface area contributed by atoms with Crippen LogP contribution in [0.5, 0.6) is 0 Å². The summed E-state index contributed by atoms with van der Waals surface area (Å²) >= 11 is 0. The zero-order valence-corrected chi connectivity index (χ0v) is 19.6. The molecule has 7 nitrogen and oxygen atoms in total. The van der Waals surface area contributed by atoms with Gasteiger partial charge < -0.3 is 10.3 Å². The summed E-state index contributed by atoms with van der Waals surface area (Å²) in [5.41, 5.74) is 4.68. The summed E-state index contributed by atoms with van der Waals surface area (Å²) in [5, 5.41) is 7.62. The van der Waals surface area contributed by atoms with Gasteiger partial charge in [-0.15, -0.1) is 0 Å². The van der Waals surface area contributed by atoms with Crippen molar-refractivity contribution in [2.24, 2.45) is 0 Å². The first-order valence-electron chi connectivity index (χ1n) is 12.1. The molecule has 0 aliphatic heterocycles. The van der Waals surface area contributed by atoms with E-state index in [1.54, 1.807) is 41.3 Å². The van der Waals surface area contributed by atoms with Gasteiger partial charge in [-0.2, -0.15) is 5.10 Å². The average Bonchev–Trinajstić information content (AvgIpc) is 3.66. The van der Waals surface area contributed by atoms with Crippen LogP contribution >= 0.6 is 0 Å². The third-order valence-electron chi connectivity index (χ3n) is 6.80. The molecule has 3 aromatic heterocycles. The normalized spacial score (nSPS) is 14.2. The van der Waals surface area contributed by atoms with Crippen LogP contribution in [0.1, 0.15) is 48.7 Å². The maximum Gasteiger partial charge on any atom is 0.181 e. The first kappa shape index (κ1) is 22.5. The van der Waals surface area contributed by atoms with E-state index in [0.29, 0.717) is 47.0 Å². The standard InChI is InChI=1S/C27H25F2N7/c28-20-8-10-21(11-9-20)36-15-19(13-33-36)22-7-3-6-18(24(22)29)12-30-14-23-25-27(32-16-31-23)35-26(34-25)17-4-1-2-5-17/h3,6-11,13,15-17,30H,1-2,4-5,12,14H2,(H,31,32,34,35). The molecule has 3 heterocycles. The van der Waals surface area contributed by atoms with Crippen molar-refractivity contribution in [3.05, 3.63) is 89.9 Å². The second kappa shape index (κ2) is 9.58. The number of imidazole rings is 1. The molecule has 0 radical (unpaired) electrons. The quantitative estimate of drug-likeness (QED) is 0.321. The van der Waals surface area contributed by atoms with E-state index in [2.05, 4.69) is 30.4 Å². The molecule has 182 valence electrons. The van der Waals surface area contributed by atoms with Gasteiger partial charge in [0.2, 0.25) is 0 Å². The van der Waals surface area contributed by atoms with E-state index in [1.165, 1.54) is 31.3 Å². The number of aromatic nitrogens is 6. The largest absolute Gasteiger partial charge is 0.339 e. The van der Waals surface area contributed by atoms with Gasteiger partial charge in [0.15, 0.2) is 5.65 Å². The molecule has 6 rings (SSSR count). The molecule has 0 bridgehead atoms. The van der Waals surface area contributed by atoms with Crippen LogP contribution in [0.25, 0.3) is 28.0 Å². The number of hydrogen-bond acceptors (Lipinski definition) is 5. The predicted octanol–water partition coefficient (Wildman–Crippen LogP) is 5.43. The van der Waals surface area contributed by atoms with Gasteiger partial charge in [-0.1, -0.05) is 31.0 Å². The van der Waals surface area contributed by atoms with Gasteiger partial charge in [0.1, 0.15) is 29.3 Å². The van der Waals surface area contributed by atoms with Gasteiger partial charge in [-0.05, 0) is 37.1 Å². The number of benzene rings is 2. The van der Waals surface area contributed by atoms with Gasteiger partial charge in [-0.25, -0.2) is 28.4 Å². The molecule has 0 atom stereocenters. The molecule has 2 aromatic carbocycles. The van der Waals surface area contributed by atoms with Crippen LogP contribution in [0.2, 0.25) is 0 Å². The highest BCUT2D eigenvalue weighted by molar-refractivity contribution is 5.73. The van der Waals surface area contributed by atoms with Gasteiger partial charge in [-0.3, -0.25) is 0 Å². The first-order chi connectivity index (χ1) is 17.7. The van der Waals surface area contributed by atoms with Gasteiger partial charge in [0.05, 0.1) is 17.6 Å². The van der Waals surface area contributed by atoms with Crippen LogP contribution in [0.4, 0.5) is 8.78 Å². The Morgan fingerprint density at radius 1 is 1.00 bits per heavy atom. The monoisotopic (exact) mass is 485 g/mol. The molecule has 1 aliphatic carbocycles. The molecular weight excluding hydrogens is 460 g/mol. The molecule has 2 N–H and O–H groups in total. The molecule has 1 fully saturated rings. The minimum atomic E-state index is -0.318. The lowest BCUT2D eigenvalue weighted by Crippen LogP contribution is -2.15. The van der Waals surface area contributed by atoms with Crippen LogP contribution in [0.15, 0.2) is 61.2 Å². The molecule has 0 amide bonds. The number of aromatic amines is 1. The Hall–Kier alpha value is -3.98. The van der Waals surface area contributed by atoms with E-state index in [0.717, 1.165) is 29.9 Å². The lowest BCUT2D eigenvalue weighted by atomic mass is 10.0. The molecule has 36 heavy (non-hydrogen) atoms. The maximum atomic E-state index is 15.4. The Bertz CT molecular complexity index is 1500. The molecule has 0 spiro atoms. The molecule has 1 saturated carbocycles. The lowest BCUT2D eigenvalue weighted by molar-refractivity contribution is 0.589. The summed E-state index contributed by atoms with van der Waals surface area (Å²) < 4.78 is 30.2. The predicted molar refractivity (Wildman–Crippen MR) is 132 cm³/mol. The molecule has 9 heteroatoms. The van der Waals surface area contributed by atoms with Crippen molar-refractivity contribution >= 4 is 11.2 Å². The van der Waals surface area contributed by atoms with E-state index in [1.807, 2.05) is 6.07 Å². The maximum absolute atomic E-state index is 15.4. The highest BCUT2D eigenvalue weighted by Gasteiger charge is 2.21. The van der Waals surface area contributed by atoms with Gasteiger partial charge in [0, 0.05) is 41.9 Å². The molecule has 1 aliphatic rings. The van der Waals surface area contributed by atoms with Crippen molar-refractivity contribution in [2.45, 2.75) is 44.7 Å². The Morgan fingerprint density at radius 2 is 1.83 bits per heavy atom. The zero-order chi connectivity index (χ0) is 24.5. The van der Waals surface area contributed by atoms with Crippen molar-refractivity contribution in [1.29, 1.82) is 0 Å². The van der Waals surface area contributed by atoms with E-state index < -0.39 is 0 Å². The smallest absolute Gasteiger partial charge is 0.181 e. The topological polar surface area (TPSA) is 84.3 Å². The number of halogens is 2. The third kappa shape index (κ3) is 4.37. The van der Waals surface area contributed by atoms with Crippen molar-refractivity contribution in [1.82, 2.24) is 35.0 Å². The van der Waals surface area contributed by atoms with Crippen LogP contribution < -0.4 is 5.32 Å². The lowest BCUT2D eigenvalue weighted by Gasteiger charge is -2.09. The third-order valence-corrected chi connectivity index (χ3v) is 6.80. The molecule has 0 unspecified atom stereocenters. The second-order valence-electron chi connectivity index (χ2n) is 9.15. The van der Waals surface area contributed by atoms with Crippen molar-refractivity contribution in [2.75, 3.05) is 0 Å². The van der Waals surface area contributed by atoms with Crippen molar-refractivity contribution < 1.29 is 8.78 Å². The molecule has 0 saturated heterocycles. The Morgan fingerprint density at radius 3 is 2.67 bits per heavy atom. The second-order valence-corrected chi connectivity index (χ2v) is 9.15. The highest BCUT2D eigenvalue weighted by atomic mass is 19.1. The Kier molecular flexibility index (Phi) is 5.98. The van der Waals surface area contributed by atoms with E-state index in [9.17, 15) is 4.39 Å². The van der Waals surface area contributed by atoms with Gasteiger partial charge in [0.25, 0.3) is 0 Å². The van der Waals surface area contributed by atoms with Crippen molar-refractivity contribution in [3.63, 3.8) is 0 Å². The summed E-state index contributed by atoms with van der Waals surface area (Å²) in [6, 6.07) is 11.3. The SMILES string of the molecule is Fc1ccc(-n2cc(-c3cccc(CNCc4ncnc5nc(C6CCCC6)[nH]c45)c3F)cn2)cc1. The molecule has 5 aromatic rings. The number of hydrogen-bond donors (Lipinski definition) is 2. The fraction of sp³-hybridized carbons (Fsp3) is 0.259. The number of rotatable bonds is 7. The summed E-state index contributed by atoms with van der Waals surface area (Å²) in [4.78, 5) is 16.9. The number of fused-ring (bicyclic) bond motifs is 1. The van der Waals surface area contributed by atoms with Crippen LogP contribution in [0.3, 0.4) is 0 Å². The van der Waals surface area contributed by atoms with Gasteiger partial charge >= 0.3 is 0 Å². The van der Waals surface area contributed by atoms with Crippen molar-refractivity contribution in [3.8, 4) is 16.8 Å². The van der Waals surface area contributed by atoms with E-state index >= 15 is 4.39 Å². The number of H-pyrrole nitrogens is 1. The minimum Gasteiger partial charge on any atom is -0.339 e. The zero-order valence-electron chi connectivity index (χ0n) is 19.6.